The molecule has 2 aromatic carbocycles. The van der Waals surface area contributed by atoms with E-state index in [1.54, 1.807) is 0 Å². The summed E-state index contributed by atoms with van der Waals surface area (Å²) >= 11 is 7.81. The maximum atomic E-state index is 13.4. The van der Waals surface area contributed by atoms with E-state index < -0.39 is 35.9 Å². The quantitative estimate of drug-likeness (QED) is 0.0347. The van der Waals surface area contributed by atoms with Gasteiger partial charge >= 0.3 is 17.9 Å². The molecule has 384 valence electrons. The zero-order valence-electron chi connectivity index (χ0n) is 40.4. The molecule has 3 amide bonds. The number of rotatable bonds is 28. The maximum absolute atomic E-state index is 13.4. The van der Waals surface area contributed by atoms with Crippen molar-refractivity contribution < 1.29 is 48.8 Å². The van der Waals surface area contributed by atoms with Gasteiger partial charge in [-0.2, -0.15) is 0 Å². The highest BCUT2D eigenvalue weighted by Crippen LogP contribution is 2.16. The number of carboxylic acids is 3. The molecule has 3 atom stereocenters. The van der Waals surface area contributed by atoms with Gasteiger partial charge in [0.2, 0.25) is 17.7 Å². The highest BCUT2D eigenvalue weighted by Gasteiger charge is 2.27. The van der Waals surface area contributed by atoms with Crippen molar-refractivity contribution in [3.8, 4) is 0 Å². The van der Waals surface area contributed by atoms with E-state index in [9.17, 15) is 44.1 Å². The molecule has 3 rings (SSSR count). The fraction of sp³-hybridized carbons (Fsp3) is 0.604. The van der Waals surface area contributed by atoms with E-state index in [0.29, 0.717) is 89.5 Å². The lowest BCUT2D eigenvalue weighted by Gasteiger charge is -2.36. The van der Waals surface area contributed by atoms with Gasteiger partial charge in [0.25, 0.3) is 0 Å². The number of benzene rings is 2. The first-order valence-electron chi connectivity index (χ1n) is 23.7. The van der Waals surface area contributed by atoms with Crippen LogP contribution in [0.1, 0.15) is 68.9 Å². The first-order chi connectivity index (χ1) is 33.0. The molecule has 8 N–H and O–H groups in total. The number of thiocarbonyl (C=S) groups is 1. The Hall–Kier alpha value is -4.52. The minimum atomic E-state index is -1.18. The molecular weight excluding hydrogens is 1020 g/mol. The van der Waals surface area contributed by atoms with E-state index in [2.05, 4.69) is 71.1 Å². The fourth-order valence-corrected chi connectivity index (χ4v) is 8.34. The van der Waals surface area contributed by atoms with Crippen LogP contribution in [0.5, 0.6) is 0 Å². The number of likely N-dealkylation sites (N-methyl/N-ethyl adjacent to an activating group) is 2. The third-order valence-electron chi connectivity index (χ3n) is 11.9. The first-order valence-corrected chi connectivity index (χ1v) is 25.2. The standard InChI is InChI=1S/C48H74IN9O10S/c1-55-24-26-56(2)39(32-58(34-45(63)64)29-28-57(27-25-55)33-44(61)62)31-36-15-19-38(20-16-36)52-48(69)51-23-7-4-10-40(53-43(60)21-30-68-3)46(65)54-41(47(66)67)11-5-6-22-50-42(59)12-8-9-35-13-17-37(49)18-14-35/h13-20,39-41H,4-12,21-34H2,1-3H3,(H,50,59)(H,53,60)(H,54,65)(H,61,62)(H,63,64)(H,66,67)(H2,51,52,69)/t39?,40-,41?/m0/s1. The lowest BCUT2D eigenvalue weighted by Crippen LogP contribution is -2.51. The van der Waals surface area contributed by atoms with Crippen molar-refractivity contribution in [3.63, 3.8) is 0 Å². The third-order valence-corrected chi connectivity index (χ3v) is 12.9. The van der Waals surface area contributed by atoms with Crippen LogP contribution in [-0.4, -0.2) is 194 Å². The van der Waals surface area contributed by atoms with Crippen LogP contribution in [0.25, 0.3) is 0 Å². The second kappa shape index (κ2) is 33.1. The molecule has 2 unspecified atom stereocenters. The van der Waals surface area contributed by atoms with E-state index in [4.69, 9.17) is 17.0 Å². The summed E-state index contributed by atoms with van der Waals surface area (Å²) in [6.45, 7) is 4.97. The average Bonchev–Trinajstić information content (AvgIpc) is 3.30. The van der Waals surface area contributed by atoms with Gasteiger partial charge in [0, 0.05) is 94.2 Å². The van der Waals surface area contributed by atoms with Crippen LogP contribution in [0.2, 0.25) is 0 Å². The van der Waals surface area contributed by atoms with Crippen LogP contribution >= 0.6 is 34.8 Å². The summed E-state index contributed by atoms with van der Waals surface area (Å²) in [7, 11) is 5.54. The number of nitrogens with one attached hydrogen (secondary N) is 5. The molecule has 1 aliphatic heterocycles. The average molecular weight is 1100 g/mol. The number of carboxylic acid groups (broad SMARTS) is 3. The monoisotopic (exact) mass is 1100 g/mol. The van der Waals surface area contributed by atoms with Gasteiger partial charge in [0.05, 0.1) is 19.7 Å². The van der Waals surface area contributed by atoms with E-state index in [1.165, 1.54) is 12.7 Å². The van der Waals surface area contributed by atoms with Gasteiger partial charge in [-0.3, -0.25) is 33.8 Å². The highest BCUT2D eigenvalue weighted by atomic mass is 127. The SMILES string of the molecule is COCCC(=O)N[C@@H](CCCCNC(=S)Nc1ccc(CC2CN(CC(=O)O)CCN(CC(=O)O)CCN(C)CCN2C)cc1)C(=O)NC(CCCCNC(=O)CCCc1ccc(I)cc1)C(=O)O. The Morgan fingerprint density at radius 2 is 1.30 bits per heavy atom. The van der Waals surface area contributed by atoms with Crippen molar-refractivity contribution in [2.45, 2.75) is 88.8 Å². The Morgan fingerprint density at radius 1 is 0.710 bits per heavy atom. The van der Waals surface area contributed by atoms with Gasteiger partial charge in [-0.25, -0.2) is 4.79 Å². The van der Waals surface area contributed by atoms with E-state index >= 15 is 0 Å². The molecule has 0 spiro atoms. The van der Waals surface area contributed by atoms with Crippen molar-refractivity contribution in [2.75, 3.05) is 105 Å². The van der Waals surface area contributed by atoms with Gasteiger partial charge in [0.1, 0.15) is 12.1 Å². The molecule has 0 aliphatic carbocycles. The topological polar surface area (TPSA) is 245 Å². The van der Waals surface area contributed by atoms with Gasteiger partial charge in [-0.15, -0.1) is 0 Å². The molecule has 0 saturated carbocycles. The van der Waals surface area contributed by atoms with Gasteiger partial charge in [-0.1, -0.05) is 24.3 Å². The zero-order chi connectivity index (χ0) is 50.6. The van der Waals surface area contributed by atoms with Crippen LogP contribution < -0.4 is 26.6 Å². The molecule has 0 radical (unpaired) electrons. The molecule has 19 nitrogen and oxygen atoms in total. The van der Waals surface area contributed by atoms with Crippen LogP contribution in [0.15, 0.2) is 48.5 Å². The number of ether oxygens (including phenoxy) is 1. The normalized spacial score (nSPS) is 16.5. The Kier molecular flexibility index (Phi) is 28.2. The molecule has 1 saturated heterocycles. The number of carbonyl (C=O) groups is 6. The Labute approximate surface area is 425 Å². The summed E-state index contributed by atoms with van der Waals surface area (Å²) in [6.07, 6.45) is 5.17. The lowest BCUT2D eigenvalue weighted by atomic mass is 10.0. The number of aryl methyl sites for hydroxylation is 1. The summed E-state index contributed by atoms with van der Waals surface area (Å²) in [4.78, 5) is 82.0. The van der Waals surface area contributed by atoms with E-state index in [0.717, 1.165) is 40.8 Å². The molecule has 1 fully saturated rings. The second-order valence-corrected chi connectivity index (χ2v) is 19.3. The van der Waals surface area contributed by atoms with Crippen molar-refractivity contribution >= 4 is 81.2 Å². The van der Waals surface area contributed by atoms with Crippen LogP contribution in [0.3, 0.4) is 0 Å². The van der Waals surface area contributed by atoms with Crippen molar-refractivity contribution in [3.05, 3.63) is 63.2 Å². The number of amides is 3. The molecule has 1 aliphatic rings. The molecule has 1 heterocycles. The van der Waals surface area contributed by atoms with Crippen LogP contribution in [0, 0.1) is 3.57 Å². The molecule has 21 heteroatoms. The van der Waals surface area contributed by atoms with Gasteiger partial charge in [0.15, 0.2) is 5.11 Å². The minimum absolute atomic E-state index is 0.00298. The predicted octanol–water partition coefficient (Wildman–Crippen LogP) is 2.71. The first kappa shape index (κ1) is 58.8. The van der Waals surface area contributed by atoms with E-state index in [-0.39, 0.29) is 56.8 Å². The van der Waals surface area contributed by atoms with Crippen LogP contribution in [0.4, 0.5) is 5.69 Å². The number of carbonyl (C=O) groups excluding carboxylic acids is 3. The Balaban J connectivity index is 1.46. The zero-order valence-corrected chi connectivity index (χ0v) is 43.4. The van der Waals surface area contributed by atoms with Crippen molar-refractivity contribution in [2.24, 2.45) is 0 Å². The number of nitrogens with zero attached hydrogens (tertiary/aromatic N) is 4. The fourth-order valence-electron chi connectivity index (χ4n) is 7.76. The second-order valence-electron chi connectivity index (χ2n) is 17.6. The summed E-state index contributed by atoms with van der Waals surface area (Å²) in [6, 6.07) is 13.9. The number of unbranched alkanes of at least 4 members (excludes halogenated alkanes) is 2. The van der Waals surface area contributed by atoms with E-state index in [1.807, 2.05) is 60.3 Å². The number of hydrogen-bond acceptors (Lipinski definition) is 12. The van der Waals surface area contributed by atoms with Crippen molar-refractivity contribution in [1.82, 2.24) is 40.9 Å². The smallest absolute Gasteiger partial charge is 0.326 e. The Morgan fingerprint density at radius 3 is 1.96 bits per heavy atom. The predicted molar refractivity (Wildman–Crippen MR) is 277 cm³/mol. The summed E-state index contributed by atoms with van der Waals surface area (Å²) in [5.41, 5.74) is 3.01. The minimum Gasteiger partial charge on any atom is -0.480 e. The summed E-state index contributed by atoms with van der Waals surface area (Å²) in [5.74, 6) is -4.06. The van der Waals surface area contributed by atoms with Crippen LogP contribution in [-0.2, 0) is 46.3 Å². The molecule has 0 aromatic heterocycles. The van der Waals surface area contributed by atoms with Gasteiger partial charge < -0.3 is 56.4 Å². The third kappa shape index (κ3) is 25.8. The number of anilines is 1. The lowest BCUT2D eigenvalue weighted by molar-refractivity contribution is -0.142. The number of halogens is 1. The molecule has 69 heavy (non-hydrogen) atoms. The summed E-state index contributed by atoms with van der Waals surface area (Å²) < 4.78 is 6.17. The maximum Gasteiger partial charge on any atom is 0.326 e. The number of aliphatic carboxylic acids is 3. The number of methoxy groups -OCH3 is 1. The largest absolute Gasteiger partial charge is 0.480 e. The molecule has 0 bridgehead atoms. The molecular formula is C48H74IN9O10S. The van der Waals surface area contributed by atoms with Gasteiger partial charge in [-0.05, 0) is 142 Å². The Bertz CT molecular complexity index is 1920. The number of hydrogen-bond donors (Lipinski definition) is 8. The molecule has 2 aromatic rings. The highest BCUT2D eigenvalue weighted by molar-refractivity contribution is 14.1. The summed E-state index contributed by atoms with van der Waals surface area (Å²) in [5, 5.41) is 44.0. The van der Waals surface area contributed by atoms with Crippen molar-refractivity contribution in [1.29, 1.82) is 0 Å².